The Balaban J connectivity index is 2.09. The molecule has 1 aromatic rings. The number of hydrogen-bond acceptors (Lipinski definition) is 2. The Morgan fingerprint density at radius 3 is 2.71 bits per heavy atom. The van der Waals surface area contributed by atoms with Gasteiger partial charge in [-0.2, -0.15) is 0 Å². The second-order valence-corrected chi connectivity index (χ2v) is 4.47. The van der Waals surface area contributed by atoms with Crippen molar-refractivity contribution in [3.63, 3.8) is 0 Å². The standard InChI is InChI=1S/C11H19N3/c1-8(2)13-9(3)11-12-6-7-14(11)10-4-5-10/h6-10,13H,4-5H2,1-3H3. The number of aromatic nitrogens is 2. The zero-order chi connectivity index (χ0) is 10.1. The van der Waals surface area contributed by atoms with Gasteiger partial charge in [-0.3, -0.25) is 0 Å². The van der Waals surface area contributed by atoms with E-state index in [2.05, 4.69) is 41.8 Å². The minimum atomic E-state index is 0.352. The normalized spacial score (nSPS) is 18.9. The average molecular weight is 193 g/mol. The molecule has 1 aliphatic rings. The molecule has 0 aromatic carbocycles. The van der Waals surface area contributed by atoms with Crippen LogP contribution in [0.15, 0.2) is 12.4 Å². The minimum Gasteiger partial charge on any atom is -0.331 e. The van der Waals surface area contributed by atoms with Crippen LogP contribution in [0.3, 0.4) is 0 Å². The summed E-state index contributed by atoms with van der Waals surface area (Å²) in [6, 6.07) is 1.59. The van der Waals surface area contributed by atoms with Gasteiger partial charge in [-0.15, -0.1) is 0 Å². The van der Waals surface area contributed by atoms with Crippen LogP contribution >= 0.6 is 0 Å². The summed E-state index contributed by atoms with van der Waals surface area (Å²) in [6.45, 7) is 6.52. The van der Waals surface area contributed by atoms with Crippen molar-refractivity contribution in [2.75, 3.05) is 0 Å². The van der Waals surface area contributed by atoms with Gasteiger partial charge in [0.15, 0.2) is 0 Å². The van der Waals surface area contributed by atoms with Crippen LogP contribution in [0.2, 0.25) is 0 Å². The summed E-state index contributed by atoms with van der Waals surface area (Å²) in [5.74, 6) is 1.18. The van der Waals surface area contributed by atoms with E-state index in [-0.39, 0.29) is 0 Å². The first-order valence-electron chi connectivity index (χ1n) is 5.47. The lowest BCUT2D eigenvalue weighted by Gasteiger charge is -2.17. The smallest absolute Gasteiger partial charge is 0.125 e. The van der Waals surface area contributed by atoms with E-state index in [1.54, 1.807) is 0 Å². The molecule has 1 fully saturated rings. The molecule has 0 amide bonds. The monoisotopic (exact) mass is 193 g/mol. The molecule has 3 nitrogen and oxygen atoms in total. The summed E-state index contributed by atoms with van der Waals surface area (Å²) in [4.78, 5) is 4.43. The van der Waals surface area contributed by atoms with Gasteiger partial charge < -0.3 is 9.88 Å². The molecule has 2 rings (SSSR count). The molecule has 1 unspecified atom stereocenters. The fourth-order valence-electron chi connectivity index (χ4n) is 1.90. The van der Waals surface area contributed by atoms with Crippen LogP contribution in [-0.4, -0.2) is 15.6 Å². The highest BCUT2D eigenvalue weighted by atomic mass is 15.1. The highest BCUT2D eigenvalue weighted by Gasteiger charge is 2.26. The Morgan fingerprint density at radius 1 is 1.43 bits per heavy atom. The van der Waals surface area contributed by atoms with Gasteiger partial charge in [0.25, 0.3) is 0 Å². The van der Waals surface area contributed by atoms with Crippen molar-refractivity contribution in [1.29, 1.82) is 0 Å². The summed E-state index contributed by atoms with van der Waals surface area (Å²) in [6.07, 6.45) is 6.65. The second kappa shape index (κ2) is 3.73. The molecule has 0 bridgehead atoms. The third-order valence-corrected chi connectivity index (χ3v) is 2.61. The third-order valence-electron chi connectivity index (χ3n) is 2.61. The molecule has 0 saturated heterocycles. The van der Waals surface area contributed by atoms with E-state index < -0.39 is 0 Å². The van der Waals surface area contributed by atoms with Crippen molar-refractivity contribution in [1.82, 2.24) is 14.9 Å². The summed E-state index contributed by atoms with van der Waals surface area (Å²) in [5, 5.41) is 3.48. The summed E-state index contributed by atoms with van der Waals surface area (Å²) in [7, 11) is 0. The number of imidazole rings is 1. The zero-order valence-electron chi connectivity index (χ0n) is 9.20. The predicted molar refractivity (Wildman–Crippen MR) is 57.2 cm³/mol. The van der Waals surface area contributed by atoms with Crippen molar-refractivity contribution in [2.24, 2.45) is 0 Å². The first-order valence-corrected chi connectivity index (χ1v) is 5.47. The van der Waals surface area contributed by atoms with Gasteiger partial charge in [0.05, 0.1) is 6.04 Å². The van der Waals surface area contributed by atoms with Gasteiger partial charge in [-0.05, 0) is 19.8 Å². The third kappa shape index (κ3) is 1.98. The fraction of sp³-hybridized carbons (Fsp3) is 0.727. The average Bonchev–Trinajstić information content (AvgIpc) is 2.82. The Hall–Kier alpha value is -0.830. The molecular formula is C11H19N3. The molecular weight excluding hydrogens is 174 g/mol. The first-order chi connectivity index (χ1) is 6.68. The van der Waals surface area contributed by atoms with E-state index in [1.165, 1.54) is 18.7 Å². The van der Waals surface area contributed by atoms with Crippen LogP contribution in [0, 0.1) is 0 Å². The van der Waals surface area contributed by atoms with Gasteiger partial charge in [0, 0.05) is 24.5 Å². The molecule has 0 aliphatic heterocycles. The van der Waals surface area contributed by atoms with E-state index in [4.69, 9.17) is 0 Å². The predicted octanol–water partition coefficient (Wildman–Crippen LogP) is 2.28. The number of nitrogens with zero attached hydrogens (tertiary/aromatic N) is 2. The molecule has 1 heterocycles. The van der Waals surface area contributed by atoms with Gasteiger partial charge in [0.1, 0.15) is 5.82 Å². The number of nitrogens with one attached hydrogen (secondary N) is 1. The fourth-order valence-corrected chi connectivity index (χ4v) is 1.90. The maximum atomic E-state index is 4.43. The maximum Gasteiger partial charge on any atom is 0.125 e. The number of rotatable bonds is 4. The molecule has 1 saturated carbocycles. The lowest BCUT2D eigenvalue weighted by molar-refractivity contribution is 0.468. The highest BCUT2D eigenvalue weighted by Crippen LogP contribution is 2.36. The van der Waals surface area contributed by atoms with Crippen LogP contribution < -0.4 is 5.32 Å². The molecule has 0 radical (unpaired) electrons. The second-order valence-electron chi connectivity index (χ2n) is 4.47. The lowest BCUT2D eigenvalue weighted by atomic mass is 10.2. The molecule has 1 N–H and O–H groups in total. The van der Waals surface area contributed by atoms with Gasteiger partial charge in [0.2, 0.25) is 0 Å². The maximum absolute atomic E-state index is 4.43. The van der Waals surface area contributed by atoms with Crippen LogP contribution in [-0.2, 0) is 0 Å². The summed E-state index contributed by atoms with van der Waals surface area (Å²) >= 11 is 0. The highest BCUT2D eigenvalue weighted by molar-refractivity contribution is 5.03. The van der Waals surface area contributed by atoms with Crippen molar-refractivity contribution in [2.45, 2.75) is 51.7 Å². The molecule has 14 heavy (non-hydrogen) atoms. The van der Waals surface area contributed by atoms with Crippen molar-refractivity contribution < 1.29 is 0 Å². The van der Waals surface area contributed by atoms with E-state index in [1.807, 2.05) is 6.20 Å². The molecule has 78 valence electrons. The SMILES string of the molecule is CC(C)NC(C)c1nccn1C1CC1. The lowest BCUT2D eigenvalue weighted by Crippen LogP contribution is -2.28. The summed E-state index contributed by atoms with van der Waals surface area (Å²) in [5.41, 5.74) is 0. The van der Waals surface area contributed by atoms with E-state index in [0.717, 1.165) is 6.04 Å². The number of hydrogen-bond donors (Lipinski definition) is 1. The van der Waals surface area contributed by atoms with Crippen LogP contribution in [0.1, 0.15) is 51.5 Å². The van der Waals surface area contributed by atoms with E-state index in [9.17, 15) is 0 Å². The van der Waals surface area contributed by atoms with Crippen LogP contribution in [0.5, 0.6) is 0 Å². The van der Waals surface area contributed by atoms with E-state index in [0.29, 0.717) is 12.1 Å². The van der Waals surface area contributed by atoms with Crippen molar-refractivity contribution in [3.8, 4) is 0 Å². The van der Waals surface area contributed by atoms with Crippen molar-refractivity contribution in [3.05, 3.63) is 18.2 Å². The zero-order valence-corrected chi connectivity index (χ0v) is 9.20. The van der Waals surface area contributed by atoms with Crippen LogP contribution in [0.25, 0.3) is 0 Å². The van der Waals surface area contributed by atoms with Gasteiger partial charge >= 0.3 is 0 Å². The molecule has 1 aromatic heterocycles. The molecule has 3 heteroatoms. The largest absolute Gasteiger partial charge is 0.331 e. The summed E-state index contributed by atoms with van der Waals surface area (Å²) < 4.78 is 2.32. The minimum absolute atomic E-state index is 0.352. The first kappa shape index (κ1) is 9.71. The van der Waals surface area contributed by atoms with Crippen molar-refractivity contribution >= 4 is 0 Å². The Morgan fingerprint density at radius 2 is 2.14 bits per heavy atom. The Labute approximate surface area is 85.5 Å². The van der Waals surface area contributed by atoms with Gasteiger partial charge in [-0.1, -0.05) is 13.8 Å². The quantitative estimate of drug-likeness (QED) is 0.795. The molecule has 1 atom stereocenters. The topological polar surface area (TPSA) is 29.9 Å². The van der Waals surface area contributed by atoms with Gasteiger partial charge in [-0.25, -0.2) is 4.98 Å². The molecule has 0 spiro atoms. The van der Waals surface area contributed by atoms with Crippen LogP contribution in [0.4, 0.5) is 0 Å². The van der Waals surface area contributed by atoms with E-state index >= 15 is 0 Å². The Kier molecular flexibility index (Phi) is 2.59. The Bertz CT molecular complexity index is 299. The molecule has 1 aliphatic carbocycles.